The van der Waals surface area contributed by atoms with Gasteiger partial charge in [0.2, 0.25) is 0 Å². The van der Waals surface area contributed by atoms with Crippen LogP contribution in [-0.4, -0.2) is 12.1 Å². The highest BCUT2D eigenvalue weighted by Crippen LogP contribution is 2.39. The summed E-state index contributed by atoms with van der Waals surface area (Å²) in [5, 5.41) is 0. The van der Waals surface area contributed by atoms with Crippen molar-refractivity contribution >= 4 is 0 Å². The van der Waals surface area contributed by atoms with E-state index in [9.17, 15) is 0 Å². The smallest absolute Gasteiger partial charge is 0.126 e. The summed E-state index contributed by atoms with van der Waals surface area (Å²) in [5.41, 5.74) is 8.29. The van der Waals surface area contributed by atoms with Crippen molar-refractivity contribution in [3.05, 3.63) is 29.3 Å². The minimum absolute atomic E-state index is 0.0362. The summed E-state index contributed by atoms with van der Waals surface area (Å²) >= 11 is 0. The number of benzene rings is 1. The number of hydrogen-bond acceptors (Lipinski definition) is 2. The lowest BCUT2D eigenvalue weighted by Crippen LogP contribution is -2.33. The van der Waals surface area contributed by atoms with Crippen LogP contribution in [0, 0.1) is 0 Å². The Morgan fingerprint density at radius 1 is 1.41 bits per heavy atom. The predicted octanol–water partition coefficient (Wildman–Crippen LogP) is 3.24. The Labute approximate surface area is 104 Å². The molecule has 1 heterocycles. The molecule has 17 heavy (non-hydrogen) atoms. The maximum Gasteiger partial charge on any atom is 0.126 e. The SMILES string of the molecule is CC(CCN)c1cccc2c1OC(C)(C)CC2. The number of nitrogens with two attached hydrogens (primary N) is 1. The van der Waals surface area contributed by atoms with Crippen LogP contribution in [0.2, 0.25) is 0 Å². The maximum absolute atomic E-state index is 6.18. The van der Waals surface area contributed by atoms with Crippen molar-refractivity contribution in [1.82, 2.24) is 0 Å². The Morgan fingerprint density at radius 3 is 2.88 bits per heavy atom. The summed E-state index contributed by atoms with van der Waals surface area (Å²) in [6.45, 7) is 7.29. The van der Waals surface area contributed by atoms with Crippen LogP contribution in [0.1, 0.15) is 50.7 Å². The van der Waals surface area contributed by atoms with Crippen LogP contribution in [0.4, 0.5) is 0 Å². The van der Waals surface area contributed by atoms with Gasteiger partial charge in [0.25, 0.3) is 0 Å². The number of ether oxygens (including phenoxy) is 1. The first-order valence-electron chi connectivity index (χ1n) is 6.54. The van der Waals surface area contributed by atoms with Crippen molar-refractivity contribution in [2.75, 3.05) is 6.54 Å². The Balaban J connectivity index is 2.35. The lowest BCUT2D eigenvalue weighted by molar-refractivity contribution is 0.0828. The maximum atomic E-state index is 6.18. The fourth-order valence-corrected chi connectivity index (χ4v) is 2.48. The second-order valence-electron chi connectivity index (χ2n) is 5.68. The van der Waals surface area contributed by atoms with Gasteiger partial charge in [-0.1, -0.05) is 25.1 Å². The molecule has 1 aliphatic heterocycles. The highest BCUT2D eigenvalue weighted by molar-refractivity contribution is 5.45. The summed E-state index contributed by atoms with van der Waals surface area (Å²) in [6, 6.07) is 6.51. The quantitative estimate of drug-likeness (QED) is 0.870. The molecule has 0 aromatic heterocycles. The lowest BCUT2D eigenvalue weighted by Gasteiger charge is -2.34. The fourth-order valence-electron chi connectivity index (χ4n) is 2.48. The zero-order valence-electron chi connectivity index (χ0n) is 11.1. The van der Waals surface area contributed by atoms with Gasteiger partial charge in [-0.15, -0.1) is 0 Å². The Morgan fingerprint density at radius 2 is 2.18 bits per heavy atom. The molecular formula is C15H23NO. The van der Waals surface area contributed by atoms with Crippen LogP contribution in [0.15, 0.2) is 18.2 Å². The van der Waals surface area contributed by atoms with Crippen molar-refractivity contribution in [3.63, 3.8) is 0 Å². The lowest BCUT2D eigenvalue weighted by atomic mass is 9.88. The van der Waals surface area contributed by atoms with Gasteiger partial charge in [0.15, 0.2) is 0 Å². The zero-order chi connectivity index (χ0) is 12.5. The van der Waals surface area contributed by atoms with E-state index in [2.05, 4.69) is 39.0 Å². The van der Waals surface area contributed by atoms with Crippen LogP contribution in [0.3, 0.4) is 0 Å². The number of rotatable bonds is 3. The van der Waals surface area contributed by atoms with Crippen molar-refractivity contribution in [3.8, 4) is 5.75 Å². The number of fused-ring (bicyclic) bond motifs is 1. The molecule has 1 aromatic carbocycles. The standard InChI is InChI=1S/C15H23NO/c1-11(8-10-16)13-6-4-5-12-7-9-15(2,3)17-14(12)13/h4-6,11H,7-10,16H2,1-3H3. The molecule has 1 aromatic rings. The number of aryl methyl sites for hydroxylation is 1. The first-order chi connectivity index (χ1) is 8.03. The van der Waals surface area contributed by atoms with E-state index in [1.54, 1.807) is 0 Å². The average Bonchev–Trinajstić information content (AvgIpc) is 2.27. The highest BCUT2D eigenvalue weighted by atomic mass is 16.5. The van der Waals surface area contributed by atoms with Crippen LogP contribution in [0.5, 0.6) is 5.75 Å². The van der Waals surface area contributed by atoms with E-state index in [0.717, 1.165) is 31.6 Å². The molecule has 0 saturated carbocycles. The summed E-state index contributed by atoms with van der Waals surface area (Å²) in [7, 11) is 0. The normalized spacial score (nSPS) is 19.3. The molecule has 1 unspecified atom stereocenters. The molecule has 0 fully saturated rings. The Hall–Kier alpha value is -1.02. The van der Waals surface area contributed by atoms with Gasteiger partial charge in [-0.2, -0.15) is 0 Å². The minimum atomic E-state index is -0.0362. The van der Waals surface area contributed by atoms with Crippen LogP contribution < -0.4 is 10.5 Å². The number of hydrogen-bond donors (Lipinski definition) is 1. The highest BCUT2D eigenvalue weighted by Gasteiger charge is 2.28. The van der Waals surface area contributed by atoms with Crippen LogP contribution in [0.25, 0.3) is 0 Å². The average molecular weight is 233 g/mol. The van der Waals surface area contributed by atoms with Crippen molar-refractivity contribution in [2.45, 2.75) is 51.6 Å². The molecule has 2 nitrogen and oxygen atoms in total. The van der Waals surface area contributed by atoms with E-state index in [1.807, 2.05) is 0 Å². The molecule has 0 bridgehead atoms. The van der Waals surface area contributed by atoms with Gasteiger partial charge >= 0.3 is 0 Å². The summed E-state index contributed by atoms with van der Waals surface area (Å²) in [6.07, 6.45) is 3.22. The molecule has 1 aliphatic rings. The first kappa shape index (κ1) is 12.4. The molecule has 2 N–H and O–H groups in total. The monoisotopic (exact) mass is 233 g/mol. The van der Waals surface area contributed by atoms with Gasteiger partial charge in [0.05, 0.1) is 0 Å². The van der Waals surface area contributed by atoms with Gasteiger partial charge in [0, 0.05) is 0 Å². The molecule has 2 heteroatoms. The molecule has 0 radical (unpaired) electrons. The molecule has 0 aliphatic carbocycles. The van der Waals surface area contributed by atoms with E-state index >= 15 is 0 Å². The fraction of sp³-hybridized carbons (Fsp3) is 0.600. The van der Waals surface area contributed by atoms with E-state index in [-0.39, 0.29) is 5.60 Å². The van der Waals surface area contributed by atoms with Crippen molar-refractivity contribution < 1.29 is 4.74 Å². The van der Waals surface area contributed by atoms with Crippen LogP contribution in [-0.2, 0) is 6.42 Å². The molecule has 94 valence electrons. The molecule has 0 amide bonds. The third-order valence-electron chi connectivity index (χ3n) is 3.63. The summed E-state index contributed by atoms with van der Waals surface area (Å²) < 4.78 is 6.18. The van der Waals surface area contributed by atoms with Gasteiger partial charge in [0.1, 0.15) is 11.4 Å². The molecule has 2 rings (SSSR count). The molecule has 0 spiro atoms. The van der Waals surface area contributed by atoms with Gasteiger partial charge in [-0.3, -0.25) is 0 Å². The van der Waals surface area contributed by atoms with Crippen molar-refractivity contribution in [1.29, 1.82) is 0 Å². The molecule has 1 atom stereocenters. The number of para-hydroxylation sites is 1. The van der Waals surface area contributed by atoms with Crippen molar-refractivity contribution in [2.24, 2.45) is 5.73 Å². The minimum Gasteiger partial charge on any atom is -0.487 e. The third kappa shape index (κ3) is 2.63. The molecular weight excluding hydrogens is 210 g/mol. The predicted molar refractivity (Wildman–Crippen MR) is 71.6 cm³/mol. The second-order valence-corrected chi connectivity index (χ2v) is 5.68. The third-order valence-corrected chi connectivity index (χ3v) is 3.63. The van der Waals surface area contributed by atoms with E-state index < -0.39 is 0 Å². The van der Waals surface area contributed by atoms with Gasteiger partial charge < -0.3 is 10.5 Å². The Bertz CT molecular complexity index is 398. The topological polar surface area (TPSA) is 35.2 Å². The second kappa shape index (κ2) is 4.69. The first-order valence-corrected chi connectivity index (χ1v) is 6.54. The summed E-state index contributed by atoms with van der Waals surface area (Å²) in [5.74, 6) is 1.59. The zero-order valence-corrected chi connectivity index (χ0v) is 11.1. The van der Waals surface area contributed by atoms with E-state index in [4.69, 9.17) is 10.5 Å². The summed E-state index contributed by atoms with van der Waals surface area (Å²) in [4.78, 5) is 0. The van der Waals surface area contributed by atoms with E-state index in [1.165, 1.54) is 11.1 Å². The van der Waals surface area contributed by atoms with Crippen LogP contribution >= 0.6 is 0 Å². The van der Waals surface area contributed by atoms with Gasteiger partial charge in [-0.25, -0.2) is 0 Å². The molecule has 0 saturated heterocycles. The van der Waals surface area contributed by atoms with Gasteiger partial charge in [-0.05, 0) is 56.7 Å². The van der Waals surface area contributed by atoms with E-state index in [0.29, 0.717) is 5.92 Å². The largest absolute Gasteiger partial charge is 0.487 e. The Kier molecular flexibility index (Phi) is 3.43.